The van der Waals surface area contributed by atoms with Gasteiger partial charge in [0.1, 0.15) is 6.67 Å². The Hall–Kier alpha value is -2.84. The standard InChI is InChI=1S/C29H34F4N2O3/c1-38-28(37)19-14-22-3-2-4-23(15-19)35(22)27(36)18-5-11-24-17(13-18)6-12-26(25(24)16-30)34-21-9-7-20(8-10-21)29(31,32)33/h5-6,11-13,19-23,34H,2-4,7-10,14-16H2,1H3/t19?,20-,21+,22?,23?. The first-order valence-electron chi connectivity index (χ1n) is 13.5. The number of carbonyl (C=O) groups excluding carboxylic acids is 2. The molecule has 5 rings (SSSR count). The number of hydrogen-bond donors (Lipinski definition) is 1. The molecule has 5 nitrogen and oxygen atoms in total. The molecule has 1 saturated carbocycles. The van der Waals surface area contributed by atoms with Gasteiger partial charge in [-0.2, -0.15) is 13.2 Å². The van der Waals surface area contributed by atoms with E-state index in [2.05, 4.69) is 5.32 Å². The van der Waals surface area contributed by atoms with Gasteiger partial charge in [-0.3, -0.25) is 9.59 Å². The first kappa shape index (κ1) is 26.8. The lowest BCUT2D eigenvalue weighted by Crippen LogP contribution is -2.55. The normalized spacial score (nSPS) is 27.7. The summed E-state index contributed by atoms with van der Waals surface area (Å²) in [6, 6.07) is 8.73. The number of ether oxygens (including phenoxy) is 1. The topological polar surface area (TPSA) is 58.6 Å². The van der Waals surface area contributed by atoms with Crippen molar-refractivity contribution in [3.8, 4) is 0 Å². The largest absolute Gasteiger partial charge is 0.469 e. The van der Waals surface area contributed by atoms with E-state index in [4.69, 9.17) is 4.74 Å². The van der Waals surface area contributed by atoms with Gasteiger partial charge in [0.15, 0.2) is 0 Å². The SMILES string of the molecule is COC(=O)C1CC2CCCC(C1)N2C(=O)c1ccc2c(CF)c(N[C@H]3CC[C@@H](C(F)(F)F)CC3)ccc2c1. The second-order valence-corrected chi connectivity index (χ2v) is 11.0. The quantitative estimate of drug-likeness (QED) is 0.339. The fourth-order valence-corrected chi connectivity index (χ4v) is 6.81. The summed E-state index contributed by atoms with van der Waals surface area (Å²) in [4.78, 5) is 27.7. The van der Waals surface area contributed by atoms with Gasteiger partial charge >= 0.3 is 12.1 Å². The average Bonchev–Trinajstić information content (AvgIpc) is 2.90. The van der Waals surface area contributed by atoms with Crippen molar-refractivity contribution in [3.63, 3.8) is 0 Å². The van der Waals surface area contributed by atoms with E-state index in [0.29, 0.717) is 47.9 Å². The van der Waals surface area contributed by atoms with Crippen LogP contribution in [-0.2, 0) is 16.2 Å². The van der Waals surface area contributed by atoms with Crippen LogP contribution >= 0.6 is 0 Å². The maximum absolute atomic E-state index is 14.2. The molecule has 2 aromatic rings. The van der Waals surface area contributed by atoms with Crippen LogP contribution in [-0.4, -0.2) is 48.2 Å². The van der Waals surface area contributed by atoms with Crippen molar-refractivity contribution in [1.29, 1.82) is 0 Å². The van der Waals surface area contributed by atoms with Crippen LogP contribution in [0.5, 0.6) is 0 Å². The van der Waals surface area contributed by atoms with E-state index in [-0.39, 0.29) is 48.8 Å². The highest BCUT2D eigenvalue weighted by Crippen LogP contribution is 2.40. The second kappa shape index (κ2) is 10.7. The average molecular weight is 535 g/mol. The molecule has 206 valence electrons. The molecule has 1 N–H and O–H groups in total. The van der Waals surface area contributed by atoms with E-state index < -0.39 is 18.8 Å². The number of halogens is 4. The van der Waals surface area contributed by atoms with Crippen LogP contribution in [0, 0.1) is 11.8 Å². The van der Waals surface area contributed by atoms with Crippen LogP contribution < -0.4 is 5.32 Å². The zero-order chi connectivity index (χ0) is 27.0. The number of rotatable bonds is 5. The molecular formula is C29H34F4N2O3. The minimum Gasteiger partial charge on any atom is -0.469 e. The molecule has 0 spiro atoms. The van der Waals surface area contributed by atoms with E-state index in [9.17, 15) is 27.2 Å². The van der Waals surface area contributed by atoms with Gasteiger partial charge in [-0.15, -0.1) is 0 Å². The number of fused-ring (bicyclic) bond motifs is 3. The first-order chi connectivity index (χ1) is 18.2. The van der Waals surface area contributed by atoms with E-state index in [1.54, 1.807) is 24.3 Å². The summed E-state index contributed by atoms with van der Waals surface area (Å²) in [6.45, 7) is -0.726. The number of benzene rings is 2. The van der Waals surface area contributed by atoms with Crippen molar-refractivity contribution in [2.24, 2.45) is 11.8 Å². The molecule has 38 heavy (non-hydrogen) atoms. The van der Waals surface area contributed by atoms with E-state index in [0.717, 1.165) is 24.6 Å². The van der Waals surface area contributed by atoms with Gasteiger partial charge in [0.2, 0.25) is 0 Å². The van der Waals surface area contributed by atoms with Crippen LogP contribution in [0.2, 0.25) is 0 Å². The van der Waals surface area contributed by atoms with Gasteiger partial charge in [-0.25, -0.2) is 4.39 Å². The maximum atomic E-state index is 14.2. The lowest BCUT2D eigenvalue weighted by atomic mass is 9.78. The molecule has 0 radical (unpaired) electrons. The molecule has 3 fully saturated rings. The molecule has 2 aromatic carbocycles. The van der Waals surface area contributed by atoms with Crippen LogP contribution in [0.3, 0.4) is 0 Å². The third kappa shape index (κ3) is 5.21. The summed E-state index contributed by atoms with van der Waals surface area (Å²) < 4.78 is 58.2. The van der Waals surface area contributed by atoms with E-state index >= 15 is 0 Å². The highest BCUT2D eigenvalue weighted by molar-refractivity contribution is 6.00. The van der Waals surface area contributed by atoms with Crippen molar-refractivity contribution < 1.29 is 31.9 Å². The Morgan fingerprint density at radius 1 is 1.00 bits per heavy atom. The smallest absolute Gasteiger partial charge is 0.391 e. The maximum Gasteiger partial charge on any atom is 0.391 e. The Kier molecular flexibility index (Phi) is 7.56. The van der Waals surface area contributed by atoms with Crippen molar-refractivity contribution >= 4 is 28.3 Å². The Morgan fingerprint density at radius 3 is 2.29 bits per heavy atom. The minimum atomic E-state index is -4.16. The summed E-state index contributed by atoms with van der Waals surface area (Å²) >= 11 is 0. The molecule has 9 heteroatoms. The highest BCUT2D eigenvalue weighted by atomic mass is 19.4. The number of hydrogen-bond acceptors (Lipinski definition) is 4. The van der Waals surface area contributed by atoms with Crippen molar-refractivity contribution in [2.45, 2.75) is 88.8 Å². The zero-order valence-electron chi connectivity index (χ0n) is 21.5. The second-order valence-electron chi connectivity index (χ2n) is 11.0. The molecule has 2 unspecified atom stereocenters. The lowest BCUT2D eigenvalue weighted by molar-refractivity contribution is -0.182. The van der Waals surface area contributed by atoms with Gasteiger partial charge in [0.05, 0.1) is 18.9 Å². The number of nitrogens with zero attached hydrogens (tertiary/aromatic N) is 1. The summed E-state index contributed by atoms with van der Waals surface area (Å²) in [5.41, 5.74) is 1.58. The molecule has 2 aliphatic heterocycles. The number of carbonyl (C=O) groups is 2. The fraction of sp³-hybridized carbons (Fsp3) is 0.586. The number of nitrogens with one attached hydrogen (secondary N) is 1. The molecular weight excluding hydrogens is 500 g/mol. The molecule has 2 saturated heterocycles. The van der Waals surface area contributed by atoms with E-state index in [1.165, 1.54) is 7.11 Å². The van der Waals surface area contributed by atoms with Gasteiger partial charge in [-0.1, -0.05) is 12.1 Å². The Balaban J connectivity index is 1.33. The summed E-state index contributed by atoms with van der Waals surface area (Å²) in [7, 11) is 1.40. The van der Waals surface area contributed by atoms with Gasteiger partial charge in [-0.05, 0) is 86.8 Å². The van der Waals surface area contributed by atoms with Gasteiger partial charge in [0.25, 0.3) is 5.91 Å². The molecule has 3 aliphatic rings. The molecule has 2 bridgehead atoms. The van der Waals surface area contributed by atoms with Crippen LogP contribution in [0.1, 0.15) is 73.7 Å². The predicted octanol–water partition coefficient (Wildman–Crippen LogP) is 6.79. The van der Waals surface area contributed by atoms with Crippen LogP contribution in [0.25, 0.3) is 10.8 Å². The summed E-state index contributed by atoms with van der Waals surface area (Å²) in [5, 5.41) is 4.70. The highest BCUT2D eigenvalue weighted by Gasteiger charge is 2.44. The first-order valence-corrected chi connectivity index (χ1v) is 13.5. The van der Waals surface area contributed by atoms with Crippen molar-refractivity contribution in [2.75, 3.05) is 12.4 Å². The number of esters is 1. The number of alkyl halides is 4. The van der Waals surface area contributed by atoms with Crippen LogP contribution in [0.15, 0.2) is 30.3 Å². The van der Waals surface area contributed by atoms with Crippen LogP contribution in [0.4, 0.5) is 23.2 Å². The molecule has 0 aromatic heterocycles. The van der Waals surface area contributed by atoms with Gasteiger partial charge < -0.3 is 15.0 Å². The summed E-state index contributed by atoms with van der Waals surface area (Å²) in [6.07, 6.45) is 0.704. The number of anilines is 1. The Bertz CT molecular complexity index is 1180. The molecule has 2 heterocycles. The molecule has 2 atom stereocenters. The molecule has 1 amide bonds. The number of piperidine rings is 2. The minimum absolute atomic E-state index is 0.00443. The Labute approximate surface area is 219 Å². The monoisotopic (exact) mass is 534 g/mol. The van der Waals surface area contributed by atoms with Crippen molar-refractivity contribution in [1.82, 2.24) is 4.90 Å². The predicted molar refractivity (Wildman–Crippen MR) is 137 cm³/mol. The zero-order valence-corrected chi connectivity index (χ0v) is 21.5. The molecule has 1 aliphatic carbocycles. The number of methoxy groups -OCH3 is 1. The van der Waals surface area contributed by atoms with Gasteiger partial charge in [0, 0.05) is 34.9 Å². The third-order valence-corrected chi connectivity index (χ3v) is 8.81. The van der Waals surface area contributed by atoms with Crippen molar-refractivity contribution in [3.05, 3.63) is 41.5 Å². The number of amides is 1. The Morgan fingerprint density at radius 2 is 1.68 bits per heavy atom. The third-order valence-electron chi connectivity index (χ3n) is 8.81. The lowest BCUT2D eigenvalue weighted by Gasteiger charge is -2.48. The fourth-order valence-electron chi connectivity index (χ4n) is 6.81. The van der Waals surface area contributed by atoms with E-state index in [1.807, 2.05) is 11.0 Å². The summed E-state index contributed by atoms with van der Waals surface area (Å²) in [5.74, 6) is -1.73.